The first kappa shape index (κ1) is 27.1. The molecule has 3 nitrogen and oxygen atoms in total. The standard InChI is InChI=1S/C31H50O3/c1-3-5-6-7-10-26-16-18-28(19-17-26)31(32)34-30-22-20-29(21-23-30)33-24-8-11-27-14-12-25(9-4-2)13-15-27/h20-23,25-28H,3-19,24H2,1-2H3/t25-,26-,27-,28-. The monoisotopic (exact) mass is 470 g/mol. The van der Waals surface area contributed by atoms with Gasteiger partial charge in [-0.05, 0) is 80.5 Å². The zero-order chi connectivity index (χ0) is 24.0. The summed E-state index contributed by atoms with van der Waals surface area (Å²) in [6.07, 6.45) is 21.9. The summed E-state index contributed by atoms with van der Waals surface area (Å²) in [5.74, 6) is 4.23. The van der Waals surface area contributed by atoms with Gasteiger partial charge in [0.25, 0.3) is 0 Å². The van der Waals surface area contributed by atoms with Crippen LogP contribution in [0.25, 0.3) is 0 Å². The molecule has 2 fully saturated rings. The van der Waals surface area contributed by atoms with E-state index in [1.807, 2.05) is 24.3 Å². The molecule has 0 amide bonds. The summed E-state index contributed by atoms with van der Waals surface area (Å²) in [5, 5.41) is 0. The zero-order valence-electron chi connectivity index (χ0n) is 22.1. The zero-order valence-corrected chi connectivity index (χ0v) is 22.1. The van der Waals surface area contributed by atoms with Crippen molar-refractivity contribution in [3.63, 3.8) is 0 Å². The minimum Gasteiger partial charge on any atom is -0.494 e. The molecule has 0 unspecified atom stereocenters. The van der Waals surface area contributed by atoms with Crippen molar-refractivity contribution in [2.75, 3.05) is 6.61 Å². The fourth-order valence-electron chi connectivity index (χ4n) is 6.13. The van der Waals surface area contributed by atoms with Gasteiger partial charge in [0, 0.05) is 0 Å². The van der Waals surface area contributed by atoms with Crippen molar-refractivity contribution in [2.45, 2.75) is 123 Å². The lowest BCUT2D eigenvalue weighted by molar-refractivity contribution is -0.140. The summed E-state index contributed by atoms with van der Waals surface area (Å²) < 4.78 is 11.6. The molecule has 3 heteroatoms. The van der Waals surface area contributed by atoms with Crippen molar-refractivity contribution in [2.24, 2.45) is 23.7 Å². The molecular weight excluding hydrogens is 420 g/mol. The van der Waals surface area contributed by atoms with E-state index in [1.165, 1.54) is 89.9 Å². The quantitative estimate of drug-likeness (QED) is 0.154. The molecule has 0 saturated heterocycles. The van der Waals surface area contributed by atoms with E-state index in [4.69, 9.17) is 9.47 Å². The van der Waals surface area contributed by atoms with Crippen molar-refractivity contribution in [3.8, 4) is 11.5 Å². The summed E-state index contributed by atoms with van der Waals surface area (Å²) in [6.45, 7) is 5.34. The highest BCUT2D eigenvalue weighted by atomic mass is 16.5. The van der Waals surface area contributed by atoms with Gasteiger partial charge in [-0.15, -0.1) is 0 Å². The molecule has 1 aromatic carbocycles. The third-order valence-electron chi connectivity index (χ3n) is 8.38. The highest BCUT2D eigenvalue weighted by Crippen LogP contribution is 2.34. The molecule has 0 N–H and O–H groups in total. The van der Waals surface area contributed by atoms with E-state index in [0.717, 1.165) is 49.4 Å². The Hall–Kier alpha value is -1.51. The van der Waals surface area contributed by atoms with Gasteiger partial charge in [0.15, 0.2) is 0 Å². The second-order valence-corrected chi connectivity index (χ2v) is 11.1. The molecular formula is C31H50O3. The van der Waals surface area contributed by atoms with Gasteiger partial charge in [-0.2, -0.15) is 0 Å². The number of rotatable bonds is 14. The Bertz CT molecular complexity index is 666. The largest absolute Gasteiger partial charge is 0.494 e. The fraction of sp³-hybridized carbons (Fsp3) is 0.774. The lowest BCUT2D eigenvalue weighted by atomic mass is 9.78. The van der Waals surface area contributed by atoms with Crippen molar-refractivity contribution < 1.29 is 14.3 Å². The highest BCUT2D eigenvalue weighted by molar-refractivity contribution is 5.75. The number of carbonyl (C=O) groups is 1. The van der Waals surface area contributed by atoms with E-state index in [1.54, 1.807) is 0 Å². The average molecular weight is 471 g/mol. The molecule has 0 spiro atoms. The van der Waals surface area contributed by atoms with Crippen LogP contribution in [0.15, 0.2) is 24.3 Å². The van der Waals surface area contributed by atoms with Crippen LogP contribution in [-0.2, 0) is 4.79 Å². The fourth-order valence-corrected chi connectivity index (χ4v) is 6.13. The number of unbranched alkanes of at least 4 members (excludes halogenated alkanes) is 3. The molecule has 0 bridgehead atoms. The number of hydrogen-bond acceptors (Lipinski definition) is 3. The first-order chi connectivity index (χ1) is 16.7. The molecule has 3 rings (SSSR count). The van der Waals surface area contributed by atoms with Crippen LogP contribution in [0, 0.1) is 23.7 Å². The predicted molar refractivity (Wildman–Crippen MR) is 141 cm³/mol. The summed E-state index contributed by atoms with van der Waals surface area (Å²) in [4.78, 5) is 12.6. The summed E-state index contributed by atoms with van der Waals surface area (Å²) in [6, 6.07) is 7.63. The van der Waals surface area contributed by atoms with Crippen LogP contribution in [0.4, 0.5) is 0 Å². The maximum atomic E-state index is 12.6. The van der Waals surface area contributed by atoms with Gasteiger partial charge in [-0.25, -0.2) is 0 Å². The van der Waals surface area contributed by atoms with Crippen LogP contribution < -0.4 is 9.47 Å². The summed E-state index contributed by atoms with van der Waals surface area (Å²) in [7, 11) is 0. The Morgan fingerprint density at radius 2 is 1.24 bits per heavy atom. The molecule has 0 heterocycles. The first-order valence-electron chi connectivity index (χ1n) is 14.6. The first-order valence-corrected chi connectivity index (χ1v) is 14.6. The molecule has 34 heavy (non-hydrogen) atoms. The topological polar surface area (TPSA) is 35.5 Å². The maximum absolute atomic E-state index is 12.6. The number of benzene rings is 1. The minimum absolute atomic E-state index is 0.0493. The van der Waals surface area contributed by atoms with Crippen molar-refractivity contribution >= 4 is 5.97 Å². The van der Waals surface area contributed by atoms with Crippen LogP contribution in [-0.4, -0.2) is 12.6 Å². The molecule has 192 valence electrons. The number of ether oxygens (including phenoxy) is 2. The Morgan fingerprint density at radius 3 is 1.85 bits per heavy atom. The molecule has 1 aromatic rings. The lowest BCUT2D eigenvalue weighted by Gasteiger charge is -2.28. The van der Waals surface area contributed by atoms with Gasteiger partial charge in [0.2, 0.25) is 0 Å². The summed E-state index contributed by atoms with van der Waals surface area (Å²) in [5.41, 5.74) is 0. The van der Waals surface area contributed by atoms with Crippen LogP contribution in [0.2, 0.25) is 0 Å². The third kappa shape index (κ3) is 9.62. The van der Waals surface area contributed by atoms with Gasteiger partial charge >= 0.3 is 5.97 Å². The Kier molecular flexibility index (Phi) is 12.3. The average Bonchev–Trinajstić information content (AvgIpc) is 2.87. The summed E-state index contributed by atoms with van der Waals surface area (Å²) >= 11 is 0. The molecule has 0 radical (unpaired) electrons. The minimum atomic E-state index is -0.0493. The molecule has 2 aliphatic rings. The third-order valence-corrected chi connectivity index (χ3v) is 8.38. The van der Waals surface area contributed by atoms with Crippen molar-refractivity contribution in [1.29, 1.82) is 0 Å². The van der Waals surface area contributed by atoms with Gasteiger partial charge in [0.05, 0.1) is 12.5 Å². The highest BCUT2D eigenvalue weighted by Gasteiger charge is 2.27. The van der Waals surface area contributed by atoms with Crippen LogP contribution in [0.3, 0.4) is 0 Å². The molecule has 2 saturated carbocycles. The Balaban J connectivity index is 1.27. The number of carbonyl (C=O) groups excluding carboxylic acids is 1. The lowest BCUT2D eigenvalue weighted by Crippen LogP contribution is -2.25. The number of hydrogen-bond donors (Lipinski definition) is 0. The van der Waals surface area contributed by atoms with Gasteiger partial charge in [-0.3, -0.25) is 4.79 Å². The second-order valence-electron chi connectivity index (χ2n) is 11.1. The van der Waals surface area contributed by atoms with E-state index in [9.17, 15) is 4.79 Å². The molecule has 0 atom stereocenters. The van der Waals surface area contributed by atoms with Crippen LogP contribution in [0.5, 0.6) is 11.5 Å². The van der Waals surface area contributed by atoms with Gasteiger partial charge < -0.3 is 9.47 Å². The Morgan fingerprint density at radius 1 is 0.676 bits per heavy atom. The Labute approximate surface area is 209 Å². The van der Waals surface area contributed by atoms with Gasteiger partial charge in [0.1, 0.15) is 11.5 Å². The molecule has 2 aliphatic carbocycles. The van der Waals surface area contributed by atoms with Crippen molar-refractivity contribution in [3.05, 3.63) is 24.3 Å². The second kappa shape index (κ2) is 15.5. The molecule has 0 aliphatic heterocycles. The van der Waals surface area contributed by atoms with E-state index >= 15 is 0 Å². The van der Waals surface area contributed by atoms with Crippen LogP contribution >= 0.6 is 0 Å². The van der Waals surface area contributed by atoms with Crippen LogP contribution in [0.1, 0.15) is 123 Å². The maximum Gasteiger partial charge on any atom is 0.314 e. The predicted octanol–water partition coefficient (Wildman–Crippen LogP) is 9.13. The van der Waals surface area contributed by atoms with E-state index in [-0.39, 0.29) is 11.9 Å². The van der Waals surface area contributed by atoms with E-state index in [2.05, 4.69) is 13.8 Å². The molecule has 0 aromatic heterocycles. The van der Waals surface area contributed by atoms with Crippen molar-refractivity contribution in [1.82, 2.24) is 0 Å². The smallest absolute Gasteiger partial charge is 0.314 e. The van der Waals surface area contributed by atoms with Gasteiger partial charge in [-0.1, -0.05) is 84.5 Å². The number of esters is 1. The van der Waals surface area contributed by atoms with E-state index < -0.39 is 0 Å². The normalized spacial score (nSPS) is 25.1. The van der Waals surface area contributed by atoms with E-state index in [0.29, 0.717) is 5.75 Å². The SMILES string of the molecule is CCCCCC[C@H]1CC[C@H](C(=O)Oc2ccc(OCCC[C@H]3CC[C@H](CCC)CC3)cc2)CC1.